The van der Waals surface area contributed by atoms with E-state index in [9.17, 15) is 27.2 Å². The molecule has 1 aromatic heterocycles. The van der Waals surface area contributed by atoms with Gasteiger partial charge in [-0.05, 0) is 43.5 Å². The van der Waals surface area contributed by atoms with Gasteiger partial charge in [-0.15, -0.1) is 0 Å². The fourth-order valence-electron chi connectivity index (χ4n) is 4.79. The van der Waals surface area contributed by atoms with E-state index in [1.165, 1.54) is 11.0 Å². The lowest BCUT2D eigenvalue weighted by Gasteiger charge is -2.28. The molecule has 178 valence electrons. The molecule has 2 amide bonds. The maximum absolute atomic E-state index is 14.6. The zero-order valence-corrected chi connectivity index (χ0v) is 18.2. The minimum atomic E-state index is -4.50. The Bertz CT molecular complexity index is 1300. The molecule has 1 atom stereocenters. The fourth-order valence-corrected chi connectivity index (χ4v) is 4.79. The van der Waals surface area contributed by atoms with E-state index >= 15 is 0 Å². The largest absolute Gasteiger partial charge is 0.408 e. The molecule has 0 spiro atoms. The molecular formula is C23H21F4N5O2. The number of benzene rings is 2. The standard InChI is InChI=1S/C23H21F4N5O2/c1-12-20-15(24)8-14(9-17(20)30-29-12)28-16-5-2-4-13-10-31(22(34)21(13)16)11-19(33)32-7-3-6-18(32)23(25,26)27/h2,4-5,8-9,18,28H,3,6-7,10-11H2,1H3,(H,29,30)/t18-/m0/s1. The third-order valence-electron chi connectivity index (χ3n) is 6.36. The number of hydrogen-bond donors (Lipinski definition) is 2. The highest BCUT2D eigenvalue weighted by atomic mass is 19.4. The van der Waals surface area contributed by atoms with Gasteiger partial charge in [0.1, 0.15) is 18.4 Å². The minimum Gasteiger partial charge on any atom is -0.355 e. The third-order valence-corrected chi connectivity index (χ3v) is 6.36. The van der Waals surface area contributed by atoms with E-state index in [1.807, 2.05) is 0 Å². The molecule has 1 fully saturated rings. The molecule has 34 heavy (non-hydrogen) atoms. The number of rotatable bonds is 4. The second-order valence-corrected chi connectivity index (χ2v) is 8.61. The highest BCUT2D eigenvalue weighted by molar-refractivity contribution is 6.05. The molecule has 7 nitrogen and oxygen atoms in total. The van der Waals surface area contributed by atoms with Crippen LogP contribution in [0.25, 0.3) is 10.9 Å². The summed E-state index contributed by atoms with van der Waals surface area (Å²) in [6.07, 6.45) is -4.35. The van der Waals surface area contributed by atoms with E-state index in [1.54, 1.807) is 31.2 Å². The first-order valence-electron chi connectivity index (χ1n) is 10.8. The van der Waals surface area contributed by atoms with Crippen LogP contribution >= 0.6 is 0 Å². The molecule has 5 rings (SSSR count). The van der Waals surface area contributed by atoms with Crippen LogP contribution < -0.4 is 5.32 Å². The number of hydrogen-bond acceptors (Lipinski definition) is 4. The van der Waals surface area contributed by atoms with Gasteiger partial charge in [0.15, 0.2) is 0 Å². The van der Waals surface area contributed by atoms with Crippen molar-refractivity contribution in [3.8, 4) is 0 Å². The van der Waals surface area contributed by atoms with Crippen LogP contribution in [0.1, 0.15) is 34.5 Å². The molecule has 2 aliphatic rings. The quantitative estimate of drug-likeness (QED) is 0.553. The smallest absolute Gasteiger partial charge is 0.355 e. The Hall–Kier alpha value is -3.63. The summed E-state index contributed by atoms with van der Waals surface area (Å²) in [7, 11) is 0. The van der Waals surface area contributed by atoms with Crippen molar-refractivity contribution < 1.29 is 27.2 Å². The Balaban J connectivity index is 1.36. The van der Waals surface area contributed by atoms with E-state index in [0.29, 0.717) is 39.1 Å². The van der Waals surface area contributed by atoms with Crippen LogP contribution in [0.15, 0.2) is 30.3 Å². The maximum atomic E-state index is 14.6. The van der Waals surface area contributed by atoms with Gasteiger partial charge < -0.3 is 15.1 Å². The molecule has 1 saturated heterocycles. The molecule has 11 heteroatoms. The Morgan fingerprint density at radius 1 is 1.29 bits per heavy atom. The number of aromatic nitrogens is 2. The van der Waals surface area contributed by atoms with Gasteiger partial charge in [-0.2, -0.15) is 18.3 Å². The molecule has 0 radical (unpaired) electrons. The average molecular weight is 475 g/mol. The molecular weight excluding hydrogens is 454 g/mol. The van der Waals surface area contributed by atoms with E-state index < -0.39 is 36.4 Å². The molecule has 3 aromatic rings. The summed E-state index contributed by atoms with van der Waals surface area (Å²) >= 11 is 0. The molecule has 3 heterocycles. The first-order valence-corrected chi connectivity index (χ1v) is 10.8. The Labute approximate surface area is 191 Å². The second-order valence-electron chi connectivity index (χ2n) is 8.61. The van der Waals surface area contributed by atoms with Gasteiger partial charge in [0, 0.05) is 24.5 Å². The fraction of sp³-hybridized carbons (Fsp3) is 0.348. The van der Waals surface area contributed by atoms with E-state index in [2.05, 4.69) is 15.5 Å². The Kier molecular flexibility index (Phi) is 5.22. The monoisotopic (exact) mass is 475 g/mol. The predicted octanol–water partition coefficient (Wildman–Crippen LogP) is 4.26. The van der Waals surface area contributed by atoms with E-state index in [0.717, 1.165) is 4.90 Å². The zero-order chi connectivity index (χ0) is 24.2. The first kappa shape index (κ1) is 22.2. The first-order chi connectivity index (χ1) is 16.1. The number of nitrogens with one attached hydrogen (secondary N) is 2. The van der Waals surface area contributed by atoms with Gasteiger partial charge in [-0.3, -0.25) is 14.7 Å². The van der Waals surface area contributed by atoms with Crippen molar-refractivity contribution in [2.75, 3.05) is 18.4 Å². The number of H-pyrrole nitrogens is 1. The molecule has 2 aliphatic heterocycles. The normalized spacial score (nSPS) is 18.1. The molecule has 0 unspecified atom stereocenters. The summed E-state index contributed by atoms with van der Waals surface area (Å²) < 4.78 is 54.3. The molecule has 0 bridgehead atoms. The van der Waals surface area contributed by atoms with Crippen LogP contribution in [0.5, 0.6) is 0 Å². The minimum absolute atomic E-state index is 0.0193. The van der Waals surface area contributed by atoms with Gasteiger partial charge in [0.25, 0.3) is 5.91 Å². The topological polar surface area (TPSA) is 81.3 Å². The maximum Gasteiger partial charge on any atom is 0.408 e. The van der Waals surface area contributed by atoms with Gasteiger partial charge in [0.2, 0.25) is 5.91 Å². The van der Waals surface area contributed by atoms with Crippen LogP contribution in [0.3, 0.4) is 0 Å². The number of carbonyl (C=O) groups excluding carboxylic acids is 2. The molecule has 0 aliphatic carbocycles. The highest BCUT2D eigenvalue weighted by Crippen LogP contribution is 2.35. The zero-order valence-electron chi connectivity index (χ0n) is 18.2. The van der Waals surface area contributed by atoms with Crippen LogP contribution in [0, 0.1) is 12.7 Å². The number of anilines is 2. The van der Waals surface area contributed by atoms with Crippen molar-refractivity contribution in [2.24, 2.45) is 0 Å². The molecule has 2 N–H and O–H groups in total. The van der Waals surface area contributed by atoms with E-state index in [4.69, 9.17) is 0 Å². The SMILES string of the molecule is Cc1[nH]nc2cc(Nc3cccc4c3C(=O)N(CC(=O)N3CCC[C@H]3C(F)(F)F)C4)cc(F)c12. The lowest BCUT2D eigenvalue weighted by Crippen LogP contribution is -2.48. The average Bonchev–Trinajstić information content (AvgIpc) is 3.47. The predicted molar refractivity (Wildman–Crippen MR) is 116 cm³/mol. The van der Waals surface area contributed by atoms with Crippen molar-refractivity contribution in [2.45, 2.75) is 38.5 Å². The number of halogens is 4. The number of aromatic amines is 1. The van der Waals surface area contributed by atoms with Crippen molar-refractivity contribution in [1.82, 2.24) is 20.0 Å². The van der Waals surface area contributed by atoms with Gasteiger partial charge >= 0.3 is 6.18 Å². The number of likely N-dealkylation sites (tertiary alicyclic amines) is 1. The van der Waals surface area contributed by atoms with Crippen LogP contribution in [0.2, 0.25) is 0 Å². The van der Waals surface area contributed by atoms with Crippen LogP contribution in [0.4, 0.5) is 28.9 Å². The van der Waals surface area contributed by atoms with Gasteiger partial charge in [-0.25, -0.2) is 4.39 Å². The second kappa shape index (κ2) is 8.00. The summed E-state index contributed by atoms with van der Waals surface area (Å²) in [4.78, 5) is 27.8. The molecule has 0 saturated carbocycles. The van der Waals surface area contributed by atoms with Gasteiger partial charge in [-0.1, -0.05) is 12.1 Å². The van der Waals surface area contributed by atoms with Crippen LogP contribution in [-0.2, 0) is 11.3 Å². The van der Waals surface area contributed by atoms with Gasteiger partial charge in [0.05, 0.1) is 22.2 Å². The number of aryl methyl sites for hydroxylation is 1. The van der Waals surface area contributed by atoms with Crippen LogP contribution in [-0.4, -0.2) is 57.1 Å². The number of fused-ring (bicyclic) bond motifs is 2. The number of nitrogens with zero attached hydrogens (tertiary/aromatic N) is 3. The summed E-state index contributed by atoms with van der Waals surface area (Å²) in [5, 5.41) is 10.2. The summed E-state index contributed by atoms with van der Waals surface area (Å²) in [6.45, 7) is 1.40. The van der Waals surface area contributed by atoms with Crippen molar-refractivity contribution in [3.05, 3.63) is 53.0 Å². The summed E-state index contributed by atoms with van der Waals surface area (Å²) in [5.41, 5.74) is 2.77. The lowest BCUT2D eigenvalue weighted by molar-refractivity contribution is -0.182. The third kappa shape index (κ3) is 3.74. The molecule has 2 aromatic carbocycles. The van der Waals surface area contributed by atoms with Crippen molar-refractivity contribution in [3.63, 3.8) is 0 Å². The summed E-state index contributed by atoms with van der Waals surface area (Å²) in [6, 6.07) is 6.22. The lowest BCUT2D eigenvalue weighted by atomic mass is 10.1. The Morgan fingerprint density at radius 3 is 2.85 bits per heavy atom. The van der Waals surface area contributed by atoms with Crippen molar-refractivity contribution in [1.29, 1.82) is 0 Å². The van der Waals surface area contributed by atoms with E-state index in [-0.39, 0.29) is 25.9 Å². The number of alkyl halides is 3. The number of amides is 2. The highest BCUT2D eigenvalue weighted by Gasteiger charge is 2.48. The van der Waals surface area contributed by atoms with Crippen molar-refractivity contribution >= 4 is 34.1 Å². The summed E-state index contributed by atoms with van der Waals surface area (Å²) in [5.74, 6) is -1.66. The Morgan fingerprint density at radius 2 is 2.09 bits per heavy atom. The number of carbonyl (C=O) groups is 2.